The van der Waals surface area contributed by atoms with Gasteiger partial charge in [-0.25, -0.2) is 4.79 Å². The van der Waals surface area contributed by atoms with Crippen molar-refractivity contribution in [2.45, 2.75) is 6.92 Å². The van der Waals surface area contributed by atoms with Crippen LogP contribution >= 0.6 is 0 Å². The molecule has 2 rings (SSSR count). The average molecular weight is 275 g/mol. The van der Waals surface area contributed by atoms with E-state index in [9.17, 15) is 19.8 Å². The van der Waals surface area contributed by atoms with Crippen molar-refractivity contribution in [3.8, 4) is 22.6 Å². The summed E-state index contributed by atoms with van der Waals surface area (Å²) in [5.41, 5.74) is -0.337. The van der Waals surface area contributed by atoms with Crippen LogP contribution in [-0.4, -0.2) is 27.8 Å². The molecule has 0 aliphatic heterocycles. The fourth-order valence-corrected chi connectivity index (χ4v) is 1.77. The number of aromatic hydroxyl groups is 2. The summed E-state index contributed by atoms with van der Waals surface area (Å²) in [4.78, 5) is 25.7. The van der Waals surface area contributed by atoms with Crippen LogP contribution in [0.15, 0.2) is 35.3 Å². The summed E-state index contributed by atoms with van der Waals surface area (Å²) in [5, 5.41) is 19.3. The van der Waals surface area contributed by atoms with Gasteiger partial charge in [-0.2, -0.15) is 0 Å². The van der Waals surface area contributed by atoms with Crippen molar-refractivity contribution >= 4 is 5.97 Å². The zero-order chi connectivity index (χ0) is 14.7. The number of benzene rings is 1. The van der Waals surface area contributed by atoms with Crippen LogP contribution in [0.25, 0.3) is 11.1 Å². The Bertz CT molecular complexity index is 688. The number of rotatable bonds is 3. The predicted octanol–water partition coefficient (Wildman–Crippen LogP) is 1.63. The number of esters is 1. The molecule has 1 aromatic heterocycles. The third-order valence-electron chi connectivity index (χ3n) is 2.72. The molecular formula is C14H13NO5. The van der Waals surface area contributed by atoms with Crippen LogP contribution in [0.3, 0.4) is 0 Å². The quantitative estimate of drug-likeness (QED) is 0.739. The zero-order valence-electron chi connectivity index (χ0n) is 10.7. The third kappa shape index (κ3) is 2.49. The van der Waals surface area contributed by atoms with Gasteiger partial charge in [-0.1, -0.05) is 12.1 Å². The molecule has 0 saturated heterocycles. The highest BCUT2D eigenvalue weighted by Crippen LogP contribution is 2.30. The molecule has 0 aliphatic carbocycles. The molecular weight excluding hydrogens is 262 g/mol. The lowest BCUT2D eigenvalue weighted by Crippen LogP contribution is -2.20. The normalized spacial score (nSPS) is 10.2. The van der Waals surface area contributed by atoms with Crippen LogP contribution < -0.4 is 5.56 Å². The highest BCUT2D eigenvalue weighted by molar-refractivity contribution is 5.94. The Hall–Kier alpha value is -2.76. The van der Waals surface area contributed by atoms with Crippen LogP contribution in [0, 0.1) is 0 Å². The number of phenolic OH excluding ortho intramolecular Hbond substituents is 1. The molecule has 3 N–H and O–H groups in total. The van der Waals surface area contributed by atoms with E-state index in [0.717, 1.165) is 0 Å². The Morgan fingerprint density at radius 3 is 2.50 bits per heavy atom. The van der Waals surface area contributed by atoms with E-state index in [1.807, 2.05) is 0 Å². The van der Waals surface area contributed by atoms with Gasteiger partial charge in [0.15, 0.2) is 5.56 Å². The van der Waals surface area contributed by atoms with Gasteiger partial charge < -0.3 is 19.9 Å². The number of carbonyl (C=O) groups is 1. The van der Waals surface area contributed by atoms with Gasteiger partial charge in [0.1, 0.15) is 11.5 Å². The van der Waals surface area contributed by atoms with E-state index in [2.05, 4.69) is 4.98 Å². The Balaban J connectivity index is 2.56. The maximum Gasteiger partial charge on any atom is 0.347 e. The van der Waals surface area contributed by atoms with Crippen molar-refractivity contribution in [3.05, 3.63) is 46.4 Å². The van der Waals surface area contributed by atoms with Crippen molar-refractivity contribution in [2.75, 3.05) is 6.61 Å². The molecule has 104 valence electrons. The van der Waals surface area contributed by atoms with Crippen LogP contribution in [0.2, 0.25) is 0 Å². The largest absolute Gasteiger partial charge is 0.508 e. The third-order valence-corrected chi connectivity index (χ3v) is 2.72. The summed E-state index contributed by atoms with van der Waals surface area (Å²) >= 11 is 0. The number of ether oxygens (including phenoxy) is 1. The first-order valence-electron chi connectivity index (χ1n) is 5.95. The molecule has 1 aromatic carbocycles. The van der Waals surface area contributed by atoms with Crippen LogP contribution in [-0.2, 0) is 4.74 Å². The molecule has 0 bridgehead atoms. The molecule has 0 atom stereocenters. The summed E-state index contributed by atoms with van der Waals surface area (Å²) in [6.45, 7) is 1.70. The first-order valence-corrected chi connectivity index (χ1v) is 5.95. The van der Waals surface area contributed by atoms with E-state index in [0.29, 0.717) is 5.56 Å². The average Bonchev–Trinajstić information content (AvgIpc) is 2.41. The van der Waals surface area contributed by atoms with Crippen LogP contribution in [0.4, 0.5) is 0 Å². The summed E-state index contributed by atoms with van der Waals surface area (Å²) in [6.07, 6.45) is 1.30. The van der Waals surface area contributed by atoms with E-state index in [4.69, 9.17) is 4.74 Å². The smallest absolute Gasteiger partial charge is 0.347 e. The Labute approximate surface area is 114 Å². The number of hydrogen-bond acceptors (Lipinski definition) is 5. The molecule has 0 amide bonds. The highest BCUT2D eigenvalue weighted by Gasteiger charge is 2.20. The lowest BCUT2D eigenvalue weighted by molar-refractivity contribution is 0.0521. The molecule has 6 nitrogen and oxygen atoms in total. The minimum absolute atomic E-state index is 0.0725. The van der Waals surface area contributed by atoms with Gasteiger partial charge in [0.2, 0.25) is 0 Å². The van der Waals surface area contributed by atoms with E-state index in [1.54, 1.807) is 19.1 Å². The fraction of sp³-hybridized carbons (Fsp3) is 0.143. The second-order valence-electron chi connectivity index (χ2n) is 4.02. The number of pyridine rings is 1. The number of H-pyrrole nitrogens is 1. The first-order chi connectivity index (χ1) is 9.54. The van der Waals surface area contributed by atoms with Gasteiger partial charge >= 0.3 is 5.97 Å². The SMILES string of the molecule is CCOC(=O)c1c(O)c(-c2ccc(O)cc2)c[nH]c1=O. The van der Waals surface area contributed by atoms with Crippen LogP contribution in [0.5, 0.6) is 11.5 Å². The van der Waals surface area contributed by atoms with Crippen molar-refractivity contribution < 1.29 is 19.7 Å². The number of carbonyl (C=O) groups excluding carboxylic acids is 1. The Morgan fingerprint density at radius 2 is 1.90 bits per heavy atom. The standard InChI is InChI=1S/C14H13NO5/c1-2-20-14(19)11-12(17)10(7-15-13(11)18)8-3-5-9(16)6-4-8/h3-7,16H,2H2,1H3,(H2,15,17,18). The molecule has 2 aromatic rings. The van der Waals surface area contributed by atoms with Gasteiger partial charge in [-0.15, -0.1) is 0 Å². The zero-order valence-corrected chi connectivity index (χ0v) is 10.7. The predicted molar refractivity (Wildman–Crippen MR) is 71.8 cm³/mol. The molecule has 0 radical (unpaired) electrons. The number of nitrogens with one attached hydrogen (secondary N) is 1. The summed E-state index contributed by atoms with van der Waals surface area (Å²) in [6, 6.07) is 5.98. The summed E-state index contributed by atoms with van der Waals surface area (Å²) in [7, 11) is 0. The lowest BCUT2D eigenvalue weighted by Gasteiger charge is -2.08. The monoisotopic (exact) mass is 275 g/mol. The van der Waals surface area contributed by atoms with Gasteiger partial charge in [-0.05, 0) is 24.6 Å². The number of aromatic amines is 1. The maximum atomic E-state index is 11.7. The summed E-state index contributed by atoms with van der Waals surface area (Å²) in [5.74, 6) is -1.26. The topological polar surface area (TPSA) is 99.6 Å². The minimum Gasteiger partial charge on any atom is -0.508 e. The second-order valence-corrected chi connectivity index (χ2v) is 4.02. The van der Waals surface area contributed by atoms with Crippen molar-refractivity contribution in [1.29, 1.82) is 0 Å². The lowest BCUT2D eigenvalue weighted by atomic mass is 10.0. The minimum atomic E-state index is -0.883. The van der Waals surface area contributed by atoms with Gasteiger partial charge in [0, 0.05) is 11.8 Å². The molecule has 0 unspecified atom stereocenters. The van der Waals surface area contributed by atoms with Crippen molar-refractivity contribution in [1.82, 2.24) is 4.98 Å². The van der Waals surface area contributed by atoms with E-state index < -0.39 is 22.8 Å². The molecule has 20 heavy (non-hydrogen) atoms. The van der Waals surface area contributed by atoms with Crippen LogP contribution in [0.1, 0.15) is 17.3 Å². The van der Waals surface area contributed by atoms with Gasteiger partial charge in [-0.3, -0.25) is 4.79 Å². The molecule has 0 fully saturated rings. The molecule has 6 heteroatoms. The molecule has 0 spiro atoms. The molecule has 0 aliphatic rings. The second kappa shape index (κ2) is 5.48. The molecule has 0 saturated carbocycles. The maximum absolute atomic E-state index is 11.7. The highest BCUT2D eigenvalue weighted by atomic mass is 16.5. The van der Waals surface area contributed by atoms with Gasteiger partial charge in [0.25, 0.3) is 5.56 Å². The van der Waals surface area contributed by atoms with Crippen molar-refractivity contribution in [2.24, 2.45) is 0 Å². The number of phenols is 1. The fourth-order valence-electron chi connectivity index (χ4n) is 1.77. The molecule has 1 heterocycles. The first kappa shape index (κ1) is 13.7. The van der Waals surface area contributed by atoms with E-state index in [-0.39, 0.29) is 17.9 Å². The number of aromatic nitrogens is 1. The van der Waals surface area contributed by atoms with E-state index >= 15 is 0 Å². The Morgan fingerprint density at radius 1 is 1.25 bits per heavy atom. The number of hydrogen-bond donors (Lipinski definition) is 3. The van der Waals surface area contributed by atoms with Crippen molar-refractivity contribution in [3.63, 3.8) is 0 Å². The Kier molecular flexibility index (Phi) is 3.74. The van der Waals surface area contributed by atoms with Gasteiger partial charge in [0.05, 0.1) is 6.61 Å². The summed E-state index contributed by atoms with van der Waals surface area (Å²) < 4.78 is 4.74. The van der Waals surface area contributed by atoms with E-state index in [1.165, 1.54) is 18.3 Å².